The quantitative estimate of drug-likeness (QED) is 0.611. The van der Waals surface area contributed by atoms with Crippen LogP contribution in [0.3, 0.4) is 0 Å². The summed E-state index contributed by atoms with van der Waals surface area (Å²) in [6.45, 7) is 1.41. The maximum Gasteiger partial charge on any atom is 0.159 e. The molecular formula is C12H14FNO. The minimum atomic E-state index is -0.341. The highest BCUT2D eigenvalue weighted by Gasteiger charge is 2.24. The van der Waals surface area contributed by atoms with E-state index in [1.165, 1.54) is 13.0 Å². The minimum Gasteiger partial charge on any atom is -0.398 e. The SMILES string of the molecule is CC(=O)c1cc(N)c(CC2CC2)c(F)c1. The normalized spacial score (nSPS) is 15.3. The fourth-order valence-electron chi connectivity index (χ4n) is 1.69. The van der Waals surface area contributed by atoms with Crippen molar-refractivity contribution in [3.8, 4) is 0 Å². The summed E-state index contributed by atoms with van der Waals surface area (Å²) in [5.41, 5.74) is 7.08. The third-order valence-corrected chi connectivity index (χ3v) is 2.83. The number of anilines is 1. The van der Waals surface area contributed by atoms with Crippen LogP contribution in [0.4, 0.5) is 10.1 Å². The lowest BCUT2D eigenvalue weighted by atomic mass is 10.0. The summed E-state index contributed by atoms with van der Waals surface area (Å²) in [6, 6.07) is 2.86. The minimum absolute atomic E-state index is 0.154. The zero-order chi connectivity index (χ0) is 11.0. The van der Waals surface area contributed by atoms with Gasteiger partial charge in [-0.15, -0.1) is 0 Å². The van der Waals surface area contributed by atoms with Gasteiger partial charge in [-0.3, -0.25) is 4.79 Å². The topological polar surface area (TPSA) is 43.1 Å². The third-order valence-electron chi connectivity index (χ3n) is 2.83. The van der Waals surface area contributed by atoms with E-state index in [2.05, 4.69) is 0 Å². The van der Waals surface area contributed by atoms with Crippen molar-refractivity contribution >= 4 is 11.5 Å². The fourth-order valence-corrected chi connectivity index (χ4v) is 1.69. The second-order valence-corrected chi connectivity index (χ2v) is 4.23. The van der Waals surface area contributed by atoms with Gasteiger partial charge in [0.15, 0.2) is 5.78 Å². The van der Waals surface area contributed by atoms with Crippen LogP contribution in [0.5, 0.6) is 0 Å². The Bertz CT molecular complexity index is 387. The van der Waals surface area contributed by atoms with Crippen LogP contribution in [0.2, 0.25) is 0 Å². The number of carbonyl (C=O) groups excluding carboxylic acids is 1. The molecule has 0 unspecified atom stereocenters. The molecule has 0 radical (unpaired) electrons. The summed E-state index contributed by atoms with van der Waals surface area (Å²) < 4.78 is 13.6. The fraction of sp³-hybridized carbons (Fsp3) is 0.417. The Morgan fingerprint density at radius 1 is 1.53 bits per heavy atom. The average molecular weight is 207 g/mol. The van der Waals surface area contributed by atoms with Gasteiger partial charge < -0.3 is 5.73 Å². The lowest BCUT2D eigenvalue weighted by Gasteiger charge is -2.08. The van der Waals surface area contributed by atoms with Crippen LogP contribution < -0.4 is 5.73 Å². The Morgan fingerprint density at radius 3 is 2.67 bits per heavy atom. The van der Waals surface area contributed by atoms with E-state index in [-0.39, 0.29) is 11.6 Å². The molecule has 1 aliphatic carbocycles. The van der Waals surface area contributed by atoms with Gasteiger partial charge in [-0.25, -0.2) is 4.39 Å². The molecule has 1 saturated carbocycles. The maximum absolute atomic E-state index is 13.6. The van der Waals surface area contributed by atoms with Gasteiger partial charge in [-0.2, -0.15) is 0 Å². The first kappa shape index (κ1) is 10.1. The van der Waals surface area contributed by atoms with Crippen LogP contribution in [-0.4, -0.2) is 5.78 Å². The highest BCUT2D eigenvalue weighted by atomic mass is 19.1. The monoisotopic (exact) mass is 207 g/mol. The van der Waals surface area contributed by atoms with Crippen molar-refractivity contribution < 1.29 is 9.18 Å². The molecule has 1 aliphatic rings. The molecule has 0 heterocycles. The summed E-state index contributed by atoms with van der Waals surface area (Å²) >= 11 is 0. The summed E-state index contributed by atoms with van der Waals surface area (Å²) in [4.78, 5) is 11.1. The Kier molecular flexibility index (Phi) is 2.47. The Morgan fingerprint density at radius 2 is 2.20 bits per heavy atom. The van der Waals surface area contributed by atoms with Crippen molar-refractivity contribution in [1.82, 2.24) is 0 Å². The van der Waals surface area contributed by atoms with Crippen LogP contribution in [0.25, 0.3) is 0 Å². The highest BCUT2D eigenvalue weighted by molar-refractivity contribution is 5.95. The zero-order valence-electron chi connectivity index (χ0n) is 8.72. The van der Waals surface area contributed by atoms with E-state index in [1.807, 2.05) is 0 Å². The number of nitrogen functional groups attached to an aromatic ring is 1. The van der Waals surface area contributed by atoms with Gasteiger partial charge in [-0.1, -0.05) is 0 Å². The van der Waals surface area contributed by atoms with Crippen LogP contribution in [0.1, 0.15) is 35.7 Å². The Hall–Kier alpha value is -1.38. The number of hydrogen-bond donors (Lipinski definition) is 1. The van der Waals surface area contributed by atoms with E-state index >= 15 is 0 Å². The Labute approximate surface area is 88.3 Å². The molecule has 2 rings (SSSR count). The standard InChI is InChI=1S/C12H14FNO/c1-7(15)9-5-11(13)10(12(14)6-9)4-8-2-3-8/h5-6,8H,2-4,14H2,1H3. The first-order chi connectivity index (χ1) is 7.08. The van der Waals surface area contributed by atoms with E-state index in [4.69, 9.17) is 5.73 Å². The summed E-state index contributed by atoms with van der Waals surface area (Å²) in [5, 5.41) is 0. The number of rotatable bonds is 3. The molecule has 1 aromatic rings. The molecule has 0 bridgehead atoms. The molecule has 3 heteroatoms. The van der Waals surface area contributed by atoms with Crippen LogP contribution in [0, 0.1) is 11.7 Å². The van der Waals surface area contributed by atoms with E-state index in [0.717, 1.165) is 12.8 Å². The first-order valence-electron chi connectivity index (χ1n) is 5.16. The van der Waals surface area contributed by atoms with Crippen molar-refractivity contribution in [2.45, 2.75) is 26.2 Å². The summed E-state index contributed by atoms with van der Waals surface area (Å²) in [5.74, 6) is 0.0932. The lowest BCUT2D eigenvalue weighted by Crippen LogP contribution is -2.03. The molecule has 0 amide bonds. The molecular weight excluding hydrogens is 193 g/mol. The van der Waals surface area contributed by atoms with Gasteiger partial charge in [0.25, 0.3) is 0 Å². The van der Waals surface area contributed by atoms with Crippen LogP contribution in [-0.2, 0) is 6.42 Å². The number of halogens is 1. The second-order valence-electron chi connectivity index (χ2n) is 4.23. The number of Topliss-reactive ketones (excluding diaryl/α,β-unsaturated/α-hetero) is 1. The lowest BCUT2D eigenvalue weighted by molar-refractivity contribution is 0.101. The molecule has 1 fully saturated rings. The molecule has 2 nitrogen and oxygen atoms in total. The van der Waals surface area contributed by atoms with E-state index in [9.17, 15) is 9.18 Å². The molecule has 0 spiro atoms. The van der Waals surface area contributed by atoms with Crippen molar-refractivity contribution in [3.63, 3.8) is 0 Å². The van der Waals surface area contributed by atoms with E-state index in [1.54, 1.807) is 6.07 Å². The molecule has 15 heavy (non-hydrogen) atoms. The second kappa shape index (κ2) is 3.65. The van der Waals surface area contributed by atoms with Gasteiger partial charge in [-0.05, 0) is 44.2 Å². The van der Waals surface area contributed by atoms with Gasteiger partial charge in [0.05, 0.1) is 0 Å². The summed E-state index contributed by atoms with van der Waals surface area (Å²) in [6.07, 6.45) is 3.02. The molecule has 80 valence electrons. The van der Waals surface area contributed by atoms with Crippen LogP contribution >= 0.6 is 0 Å². The largest absolute Gasteiger partial charge is 0.398 e. The maximum atomic E-state index is 13.6. The number of benzene rings is 1. The molecule has 0 aliphatic heterocycles. The predicted molar refractivity (Wildman–Crippen MR) is 57.2 cm³/mol. The molecule has 2 N–H and O–H groups in total. The first-order valence-corrected chi connectivity index (χ1v) is 5.16. The van der Waals surface area contributed by atoms with Crippen molar-refractivity contribution in [1.29, 1.82) is 0 Å². The number of hydrogen-bond acceptors (Lipinski definition) is 2. The van der Waals surface area contributed by atoms with Gasteiger partial charge in [0, 0.05) is 16.8 Å². The summed E-state index contributed by atoms with van der Waals surface area (Å²) in [7, 11) is 0. The average Bonchev–Trinajstić information content (AvgIpc) is 2.94. The van der Waals surface area contributed by atoms with E-state index in [0.29, 0.717) is 29.2 Å². The molecule has 0 atom stereocenters. The van der Waals surface area contributed by atoms with Gasteiger partial charge in [0.2, 0.25) is 0 Å². The molecule has 0 saturated heterocycles. The highest BCUT2D eigenvalue weighted by Crippen LogP contribution is 2.35. The zero-order valence-corrected chi connectivity index (χ0v) is 8.72. The van der Waals surface area contributed by atoms with Crippen molar-refractivity contribution in [2.75, 3.05) is 5.73 Å². The predicted octanol–water partition coefficient (Wildman–Crippen LogP) is 2.56. The van der Waals surface area contributed by atoms with E-state index < -0.39 is 0 Å². The number of nitrogens with two attached hydrogens (primary N) is 1. The molecule has 0 aromatic heterocycles. The smallest absolute Gasteiger partial charge is 0.159 e. The number of carbonyl (C=O) groups is 1. The third kappa shape index (κ3) is 2.17. The van der Waals surface area contributed by atoms with Crippen LogP contribution in [0.15, 0.2) is 12.1 Å². The van der Waals surface area contributed by atoms with Gasteiger partial charge >= 0.3 is 0 Å². The van der Waals surface area contributed by atoms with Gasteiger partial charge in [0.1, 0.15) is 5.82 Å². The number of ketones is 1. The Balaban J connectivity index is 2.34. The van der Waals surface area contributed by atoms with Crippen molar-refractivity contribution in [2.24, 2.45) is 5.92 Å². The molecule has 1 aromatic carbocycles. The van der Waals surface area contributed by atoms with Crippen molar-refractivity contribution in [3.05, 3.63) is 29.1 Å².